The number of rotatable bonds is 7. The van der Waals surface area contributed by atoms with Gasteiger partial charge in [0.15, 0.2) is 0 Å². The standard InChI is InChI=1S/C26H22Cl2O4.H2O/c1-17(29)32-31-16-19-4-2-18(3-5-19)15-30-26-7-6-22-9-20(10-23(22)13-26)8-21-11-24(27)14-25(28)12-21;/h2-8,11-14H,9-10,15-16H2,1H3;1H2/b20-8-;. The zero-order chi connectivity index (χ0) is 22.5. The molecule has 0 aromatic heterocycles. The Hall–Kier alpha value is -2.83. The van der Waals surface area contributed by atoms with Crippen LogP contribution in [0.3, 0.4) is 0 Å². The summed E-state index contributed by atoms with van der Waals surface area (Å²) in [5.74, 6) is 0.374. The first-order chi connectivity index (χ1) is 15.4. The minimum Gasteiger partial charge on any atom is -0.489 e. The molecule has 33 heavy (non-hydrogen) atoms. The molecular formula is C26H24Cl2O5. The number of halogens is 2. The lowest BCUT2D eigenvalue weighted by atomic mass is 10.1. The number of fused-ring (bicyclic) bond motifs is 1. The summed E-state index contributed by atoms with van der Waals surface area (Å²) >= 11 is 12.2. The average molecular weight is 487 g/mol. The van der Waals surface area contributed by atoms with Crippen LogP contribution in [0.1, 0.15) is 34.7 Å². The molecule has 0 saturated carbocycles. The van der Waals surface area contributed by atoms with Gasteiger partial charge >= 0.3 is 5.97 Å². The number of carbonyl (C=O) groups excluding carboxylic acids is 1. The molecule has 0 fully saturated rings. The van der Waals surface area contributed by atoms with E-state index >= 15 is 0 Å². The van der Waals surface area contributed by atoms with E-state index in [2.05, 4.69) is 23.1 Å². The highest BCUT2D eigenvalue weighted by molar-refractivity contribution is 6.34. The molecule has 7 heteroatoms. The van der Waals surface area contributed by atoms with Crippen molar-refractivity contribution in [1.29, 1.82) is 0 Å². The summed E-state index contributed by atoms with van der Waals surface area (Å²) in [5.41, 5.74) is 6.88. The van der Waals surface area contributed by atoms with Gasteiger partial charge < -0.3 is 10.2 Å². The summed E-state index contributed by atoms with van der Waals surface area (Å²) < 4.78 is 6.00. The van der Waals surface area contributed by atoms with E-state index < -0.39 is 5.97 Å². The molecule has 3 aromatic rings. The maximum absolute atomic E-state index is 10.7. The largest absolute Gasteiger partial charge is 0.489 e. The van der Waals surface area contributed by atoms with Gasteiger partial charge in [0.25, 0.3) is 0 Å². The van der Waals surface area contributed by atoms with E-state index in [0.717, 1.165) is 35.3 Å². The van der Waals surface area contributed by atoms with Crippen LogP contribution in [0.2, 0.25) is 10.0 Å². The Labute approximate surface area is 202 Å². The van der Waals surface area contributed by atoms with Crippen molar-refractivity contribution in [2.75, 3.05) is 0 Å². The Morgan fingerprint density at radius 3 is 2.18 bits per heavy atom. The smallest absolute Gasteiger partial charge is 0.339 e. The van der Waals surface area contributed by atoms with Gasteiger partial charge in [-0.1, -0.05) is 65.2 Å². The second-order valence-corrected chi connectivity index (χ2v) is 8.60. The van der Waals surface area contributed by atoms with Gasteiger partial charge in [-0.25, -0.2) is 4.79 Å². The van der Waals surface area contributed by atoms with Gasteiger partial charge in [-0.3, -0.25) is 4.89 Å². The number of hydrogen-bond acceptors (Lipinski definition) is 4. The molecule has 0 aliphatic heterocycles. The van der Waals surface area contributed by atoms with Crippen molar-refractivity contribution in [3.8, 4) is 5.75 Å². The number of benzene rings is 3. The summed E-state index contributed by atoms with van der Waals surface area (Å²) in [6.07, 6.45) is 3.95. The average Bonchev–Trinajstić information content (AvgIpc) is 3.13. The fourth-order valence-electron chi connectivity index (χ4n) is 3.66. The molecule has 0 radical (unpaired) electrons. The van der Waals surface area contributed by atoms with Crippen molar-refractivity contribution in [2.24, 2.45) is 0 Å². The van der Waals surface area contributed by atoms with Gasteiger partial charge in [-0.2, -0.15) is 4.89 Å². The van der Waals surface area contributed by atoms with Gasteiger partial charge in [0.1, 0.15) is 19.0 Å². The fourth-order valence-corrected chi connectivity index (χ4v) is 4.20. The first kappa shape index (κ1) is 24.8. The molecule has 0 atom stereocenters. The van der Waals surface area contributed by atoms with Gasteiger partial charge in [0.05, 0.1) is 0 Å². The summed E-state index contributed by atoms with van der Waals surface area (Å²) in [6.45, 7) is 1.97. The van der Waals surface area contributed by atoms with Crippen LogP contribution in [0.4, 0.5) is 0 Å². The second-order valence-electron chi connectivity index (χ2n) is 7.73. The van der Waals surface area contributed by atoms with Crippen molar-refractivity contribution in [2.45, 2.75) is 33.0 Å². The third-order valence-electron chi connectivity index (χ3n) is 5.10. The van der Waals surface area contributed by atoms with E-state index in [1.54, 1.807) is 6.07 Å². The number of hydrogen-bond donors (Lipinski definition) is 0. The van der Waals surface area contributed by atoms with Crippen LogP contribution in [0.15, 0.2) is 66.2 Å². The van der Waals surface area contributed by atoms with Crippen LogP contribution in [0, 0.1) is 0 Å². The van der Waals surface area contributed by atoms with Gasteiger partial charge in [0.2, 0.25) is 0 Å². The Kier molecular flexibility index (Phi) is 8.53. The molecule has 1 aliphatic carbocycles. The van der Waals surface area contributed by atoms with Gasteiger partial charge in [-0.05, 0) is 71.0 Å². The third-order valence-corrected chi connectivity index (χ3v) is 5.54. The molecule has 5 nitrogen and oxygen atoms in total. The molecule has 0 heterocycles. The van der Waals surface area contributed by atoms with E-state index in [4.69, 9.17) is 32.8 Å². The maximum atomic E-state index is 10.7. The van der Waals surface area contributed by atoms with Crippen LogP contribution >= 0.6 is 23.2 Å². The maximum Gasteiger partial charge on any atom is 0.339 e. The fraction of sp³-hybridized carbons (Fsp3) is 0.192. The lowest BCUT2D eigenvalue weighted by Crippen LogP contribution is -2.01. The normalized spacial score (nSPS) is 13.4. The highest BCUT2D eigenvalue weighted by Crippen LogP contribution is 2.32. The SMILES string of the molecule is CC(=O)OOCc1ccc(COc2ccc3c(c2)C/C(=C\c2cc(Cl)cc(Cl)c2)C3)cc1.O. The highest BCUT2D eigenvalue weighted by atomic mass is 35.5. The predicted molar refractivity (Wildman–Crippen MR) is 129 cm³/mol. The van der Waals surface area contributed by atoms with E-state index in [-0.39, 0.29) is 12.1 Å². The third kappa shape index (κ3) is 7.07. The Morgan fingerprint density at radius 1 is 0.879 bits per heavy atom. The van der Waals surface area contributed by atoms with Crippen molar-refractivity contribution in [3.05, 3.63) is 104 Å². The lowest BCUT2D eigenvalue weighted by Gasteiger charge is -2.09. The van der Waals surface area contributed by atoms with Crippen molar-refractivity contribution < 1.29 is 24.8 Å². The molecular weight excluding hydrogens is 463 g/mol. The summed E-state index contributed by atoms with van der Waals surface area (Å²) in [7, 11) is 0. The zero-order valence-corrected chi connectivity index (χ0v) is 19.6. The predicted octanol–water partition coefficient (Wildman–Crippen LogP) is 5.92. The molecule has 2 N–H and O–H groups in total. The minimum absolute atomic E-state index is 0. The zero-order valence-electron chi connectivity index (χ0n) is 18.1. The van der Waals surface area contributed by atoms with Crippen LogP contribution < -0.4 is 4.74 Å². The van der Waals surface area contributed by atoms with Crippen molar-refractivity contribution in [3.63, 3.8) is 0 Å². The molecule has 0 saturated heterocycles. The Balaban J connectivity index is 0.00000306. The summed E-state index contributed by atoms with van der Waals surface area (Å²) in [6, 6.07) is 19.6. The lowest BCUT2D eigenvalue weighted by molar-refractivity contribution is -0.277. The van der Waals surface area contributed by atoms with Crippen molar-refractivity contribution >= 4 is 35.2 Å². The Morgan fingerprint density at radius 2 is 1.52 bits per heavy atom. The second kappa shape index (κ2) is 11.3. The molecule has 172 valence electrons. The van der Waals surface area contributed by atoms with Gasteiger partial charge in [0, 0.05) is 17.0 Å². The number of carbonyl (C=O) groups is 1. The monoisotopic (exact) mass is 486 g/mol. The van der Waals surface area contributed by atoms with Crippen LogP contribution in [-0.4, -0.2) is 11.4 Å². The quantitative estimate of drug-likeness (QED) is 0.306. The molecule has 1 aliphatic rings. The highest BCUT2D eigenvalue weighted by Gasteiger charge is 2.16. The van der Waals surface area contributed by atoms with Crippen LogP contribution in [-0.2, 0) is 40.6 Å². The molecule has 4 rings (SSSR count). The molecule has 0 bridgehead atoms. The summed E-state index contributed by atoms with van der Waals surface area (Å²) in [4.78, 5) is 20.1. The molecule has 0 spiro atoms. The first-order valence-electron chi connectivity index (χ1n) is 10.2. The number of ether oxygens (including phenoxy) is 1. The minimum atomic E-state index is -0.471. The molecule has 0 amide bonds. The van der Waals surface area contributed by atoms with E-state index in [1.807, 2.05) is 42.5 Å². The van der Waals surface area contributed by atoms with E-state index in [0.29, 0.717) is 16.7 Å². The van der Waals surface area contributed by atoms with Crippen LogP contribution in [0.25, 0.3) is 6.08 Å². The van der Waals surface area contributed by atoms with E-state index in [9.17, 15) is 4.79 Å². The summed E-state index contributed by atoms with van der Waals surface area (Å²) in [5, 5.41) is 1.28. The first-order valence-corrected chi connectivity index (χ1v) is 11.0. The Bertz CT molecular complexity index is 1140. The van der Waals surface area contributed by atoms with E-state index in [1.165, 1.54) is 23.6 Å². The van der Waals surface area contributed by atoms with Gasteiger partial charge in [-0.15, -0.1) is 0 Å². The van der Waals surface area contributed by atoms with Crippen LogP contribution in [0.5, 0.6) is 5.75 Å². The number of allylic oxidation sites excluding steroid dienone is 1. The molecule has 3 aromatic carbocycles. The van der Waals surface area contributed by atoms with Crippen molar-refractivity contribution in [1.82, 2.24) is 0 Å². The molecule has 0 unspecified atom stereocenters. The topological polar surface area (TPSA) is 76.3 Å².